The van der Waals surface area contributed by atoms with Crippen molar-refractivity contribution in [2.75, 3.05) is 13.7 Å². The molecule has 27 heavy (non-hydrogen) atoms. The summed E-state index contributed by atoms with van der Waals surface area (Å²) in [5, 5.41) is 0. The SMILES string of the molecule is C=C(c1cc(C)cc(OC)c1)N1CCc2nc(-c3ccccn3)ncc2C1. The van der Waals surface area contributed by atoms with Gasteiger partial charge in [-0.2, -0.15) is 0 Å². The molecule has 0 fully saturated rings. The second-order valence-corrected chi connectivity index (χ2v) is 6.74. The van der Waals surface area contributed by atoms with E-state index in [4.69, 9.17) is 9.72 Å². The lowest BCUT2D eigenvalue weighted by atomic mass is 10.0. The highest BCUT2D eigenvalue weighted by Gasteiger charge is 2.21. The Morgan fingerprint density at radius 1 is 1.19 bits per heavy atom. The standard InChI is InChI=1S/C22H22N4O/c1-15-10-17(12-19(11-15)27-3)16(2)26-9-7-20-18(14-26)13-24-22(25-20)21-6-4-5-8-23-21/h4-6,8,10-13H,2,7,9,14H2,1,3H3. The van der Waals surface area contributed by atoms with Crippen molar-refractivity contribution in [3.05, 3.63) is 77.8 Å². The Hall–Kier alpha value is -3.21. The van der Waals surface area contributed by atoms with Crippen molar-refractivity contribution >= 4 is 5.70 Å². The van der Waals surface area contributed by atoms with E-state index in [0.29, 0.717) is 5.82 Å². The van der Waals surface area contributed by atoms with Crippen LogP contribution < -0.4 is 4.74 Å². The first-order valence-electron chi connectivity index (χ1n) is 9.00. The van der Waals surface area contributed by atoms with Gasteiger partial charge in [0.15, 0.2) is 5.82 Å². The van der Waals surface area contributed by atoms with E-state index in [-0.39, 0.29) is 0 Å². The highest BCUT2D eigenvalue weighted by Crippen LogP contribution is 2.28. The van der Waals surface area contributed by atoms with Crippen LogP contribution in [-0.2, 0) is 13.0 Å². The molecule has 2 aromatic heterocycles. The Morgan fingerprint density at radius 2 is 2.07 bits per heavy atom. The zero-order valence-electron chi connectivity index (χ0n) is 15.6. The monoisotopic (exact) mass is 358 g/mol. The van der Waals surface area contributed by atoms with Crippen LogP contribution >= 0.6 is 0 Å². The highest BCUT2D eigenvalue weighted by molar-refractivity contribution is 5.64. The molecule has 0 bridgehead atoms. The number of hydrogen-bond donors (Lipinski definition) is 0. The highest BCUT2D eigenvalue weighted by atomic mass is 16.5. The zero-order valence-corrected chi connectivity index (χ0v) is 15.6. The molecule has 0 spiro atoms. The molecule has 0 aliphatic carbocycles. The van der Waals surface area contributed by atoms with Crippen LogP contribution in [0.2, 0.25) is 0 Å². The van der Waals surface area contributed by atoms with E-state index in [1.165, 1.54) is 0 Å². The lowest BCUT2D eigenvalue weighted by Gasteiger charge is -2.31. The maximum atomic E-state index is 5.40. The van der Waals surface area contributed by atoms with Gasteiger partial charge in [0.05, 0.1) is 12.8 Å². The van der Waals surface area contributed by atoms with Crippen molar-refractivity contribution in [1.82, 2.24) is 19.9 Å². The van der Waals surface area contributed by atoms with E-state index in [9.17, 15) is 0 Å². The average Bonchev–Trinajstić information content (AvgIpc) is 2.72. The number of fused-ring (bicyclic) bond motifs is 1. The average molecular weight is 358 g/mol. The summed E-state index contributed by atoms with van der Waals surface area (Å²) in [4.78, 5) is 15.9. The van der Waals surface area contributed by atoms with E-state index in [2.05, 4.69) is 34.4 Å². The van der Waals surface area contributed by atoms with Crippen LogP contribution in [0.4, 0.5) is 0 Å². The van der Waals surface area contributed by atoms with Crippen LogP contribution in [0, 0.1) is 6.92 Å². The molecule has 3 aromatic rings. The molecule has 0 radical (unpaired) electrons. The van der Waals surface area contributed by atoms with Crippen LogP contribution in [0.15, 0.2) is 55.4 Å². The number of nitrogens with zero attached hydrogens (tertiary/aromatic N) is 4. The second kappa shape index (κ2) is 7.19. The Morgan fingerprint density at radius 3 is 2.85 bits per heavy atom. The molecular formula is C22H22N4O. The molecule has 5 nitrogen and oxygen atoms in total. The third-order valence-corrected chi connectivity index (χ3v) is 4.83. The Kier molecular flexibility index (Phi) is 4.59. The van der Waals surface area contributed by atoms with Crippen molar-refractivity contribution in [2.45, 2.75) is 19.9 Å². The predicted molar refractivity (Wildman–Crippen MR) is 106 cm³/mol. The smallest absolute Gasteiger partial charge is 0.178 e. The van der Waals surface area contributed by atoms with E-state index >= 15 is 0 Å². The second-order valence-electron chi connectivity index (χ2n) is 6.74. The molecule has 1 aliphatic rings. The molecule has 3 heterocycles. The van der Waals surface area contributed by atoms with E-state index in [1.54, 1.807) is 13.3 Å². The predicted octanol–water partition coefficient (Wildman–Crippen LogP) is 3.88. The van der Waals surface area contributed by atoms with Gasteiger partial charge in [-0.1, -0.05) is 12.6 Å². The van der Waals surface area contributed by atoms with Crippen molar-refractivity contribution in [3.8, 4) is 17.3 Å². The summed E-state index contributed by atoms with van der Waals surface area (Å²) >= 11 is 0. The maximum Gasteiger partial charge on any atom is 0.178 e. The molecule has 0 unspecified atom stereocenters. The minimum absolute atomic E-state index is 0.685. The van der Waals surface area contributed by atoms with Crippen LogP contribution in [0.5, 0.6) is 5.75 Å². The Bertz CT molecular complexity index is 985. The summed E-state index contributed by atoms with van der Waals surface area (Å²) < 4.78 is 5.40. The molecular weight excluding hydrogens is 336 g/mol. The topological polar surface area (TPSA) is 51.1 Å². The first kappa shape index (κ1) is 17.2. The van der Waals surface area contributed by atoms with Gasteiger partial charge in [0.2, 0.25) is 0 Å². The summed E-state index contributed by atoms with van der Waals surface area (Å²) in [5.74, 6) is 1.54. The normalized spacial score (nSPS) is 13.2. The van der Waals surface area contributed by atoms with E-state index < -0.39 is 0 Å². The summed E-state index contributed by atoms with van der Waals surface area (Å²) in [6.07, 6.45) is 4.54. The fourth-order valence-corrected chi connectivity index (χ4v) is 3.38. The summed E-state index contributed by atoms with van der Waals surface area (Å²) in [5.41, 5.74) is 6.28. The molecule has 0 saturated heterocycles. The van der Waals surface area contributed by atoms with Crippen LogP contribution in [0.3, 0.4) is 0 Å². The number of methoxy groups -OCH3 is 1. The Balaban J connectivity index is 1.57. The zero-order chi connectivity index (χ0) is 18.8. The number of benzene rings is 1. The molecule has 4 rings (SSSR count). The largest absolute Gasteiger partial charge is 0.497 e. The van der Waals surface area contributed by atoms with Gasteiger partial charge in [0.1, 0.15) is 11.4 Å². The summed E-state index contributed by atoms with van der Waals surface area (Å²) in [7, 11) is 1.69. The molecule has 1 aromatic carbocycles. The van der Waals surface area contributed by atoms with Gasteiger partial charge < -0.3 is 9.64 Å². The molecule has 0 N–H and O–H groups in total. The summed E-state index contributed by atoms with van der Waals surface area (Å²) in [6.45, 7) is 8.02. The van der Waals surface area contributed by atoms with E-state index in [1.807, 2.05) is 36.5 Å². The molecule has 5 heteroatoms. The molecule has 136 valence electrons. The molecule has 0 saturated carbocycles. The van der Waals surface area contributed by atoms with Crippen molar-refractivity contribution in [1.29, 1.82) is 0 Å². The van der Waals surface area contributed by atoms with Crippen molar-refractivity contribution in [3.63, 3.8) is 0 Å². The number of ether oxygens (including phenoxy) is 1. The number of aryl methyl sites for hydroxylation is 1. The van der Waals surface area contributed by atoms with Gasteiger partial charge in [0, 0.05) is 48.7 Å². The number of hydrogen-bond acceptors (Lipinski definition) is 5. The van der Waals surface area contributed by atoms with Gasteiger partial charge in [0.25, 0.3) is 0 Å². The van der Waals surface area contributed by atoms with E-state index in [0.717, 1.165) is 59.0 Å². The maximum absolute atomic E-state index is 5.40. The third-order valence-electron chi connectivity index (χ3n) is 4.83. The minimum Gasteiger partial charge on any atom is -0.497 e. The lowest BCUT2D eigenvalue weighted by Crippen LogP contribution is -2.30. The van der Waals surface area contributed by atoms with Gasteiger partial charge in [-0.05, 0) is 42.8 Å². The minimum atomic E-state index is 0.685. The first-order valence-corrected chi connectivity index (χ1v) is 9.00. The summed E-state index contributed by atoms with van der Waals surface area (Å²) in [6, 6.07) is 12.0. The lowest BCUT2D eigenvalue weighted by molar-refractivity contribution is 0.368. The third kappa shape index (κ3) is 3.53. The van der Waals surface area contributed by atoms with Gasteiger partial charge in [-0.25, -0.2) is 9.97 Å². The van der Waals surface area contributed by atoms with Gasteiger partial charge in [-0.3, -0.25) is 4.98 Å². The van der Waals surface area contributed by atoms with Gasteiger partial charge in [-0.15, -0.1) is 0 Å². The molecule has 1 aliphatic heterocycles. The number of pyridine rings is 1. The quantitative estimate of drug-likeness (QED) is 0.708. The fraction of sp³-hybridized carbons (Fsp3) is 0.227. The Labute approximate surface area is 159 Å². The van der Waals surface area contributed by atoms with Crippen LogP contribution in [-0.4, -0.2) is 33.5 Å². The molecule has 0 amide bonds. The number of aromatic nitrogens is 3. The van der Waals surface area contributed by atoms with Crippen molar-refractivity contribution in [2.24, 2.45) is 0 Å². The van der Waals surface area contributed by atoms with Crippen LogP contribution in [0.25, 0.3) is 17.2 Å². The molecule has 0 atom stereocenters. The fourth-order valence-electron chi connectivity index (χ4n) is 3.38. The van der Waals surface area contributed by atoms with Gasteiger partial charge >= 0.3 is 0 Å². The first-order chi connectivity index (χ1) is 13.1. The van der Waals surface area contributed by atoms with Crippen LogP contribution in [0.1, 0.15) is 22.4 Å². The number of rotatable bonds is 4. The van der Waals surface area contributed by atoms with Crippen molar-refractivity contribution < 1.29 is 4.74 Å².